The van der Waals surface area contributed by atoms with E-state index >= 15 is 0 Å². The van der Waals surface area contributed by atoms with Crippen LogP contribution >= 0.6 is 11.3 Å². The number of hydrogen-bond donors (Lipinski definition) is 2. The highest BCUT2D eigenvalue weighted by molar-refractivity contribution is 7.16. The minimum Gasteiger partial charge on any atom is -0.508 e. The topological polar surface area (TPSA) is 109 Å². The van der Waals surface area contributed by atoms with Crippen molar-refractivity contribution < 1.29 is 19.5 Å². The highest BCUT2D eigenvalue weighted by atomic mass is 32.1. The molecule has 11 heteroatoms. The molecule has 2 fully saturated rings. The molecule has 0 bridgehead atoms. The van der Waals surface area contributed by atoms with E-state index in [4.69, 9.17) is 6.42 Å². The first-order valence-electron chi connectivity index (χ1n) is 13.9. The average Bonchev–Trinajstić information content (AvgIpc) is 3.48. The number of terminal acetylenes is 1. The van der Waals surface area contributed by atoms with Crippen molar-refractivity contribution in [1.82, 2.24) is 30.1 Å². The van der Waals surface area contributed by atoms with Crippen molar-refractivity contribution in [2.45, 2.75) is 31.7 Å². The smallest absolute Gasteiger partial charge is 0.334 e. The third-order valence-electron chi connectivity index (χ3n) is 7.73. The van der Waals surface area contributed by atoms with Gasteiger partial charge in [-0.1, -0.05) is 54.5 Å². The van der Waals surface area contributed by atoms with Gasteiger partial charge in [-0.15, -0.1) is 17.8 Å². The first kappa shape index (κ1) is 28.2. The van der Waals surface area contributed by atoms with Crippen LogP contribution in [0.15, 0.2) is 78.3 Å². The molecule has 4 aromatic rings. The number of phenols is 1. The Bertz CT molecular complexity index is 1690. The molecule has 43 heavy (non-hydrogen) atoms. The molecule has 2 saturated heterocycles. The molecule has 3 aromatic carbocycles. The van der Waals surface area contributed by atoms with Crippen LogP contribution in [0, 0.1) is 12.3 Å². The molecule has 0 unspecified atom stereocenters. The Labute approximate surface area is 253 Å². The van der Waals surface area contributed by atoms with Crippen LogP contribution < -0.4 is 5.32 Å². The number of rotatable bonds is 7. The first-order valence-corrected chi connectivity index (χ1v) is 14.8. The third kappa shape index (κ3) is 5.88. The van der Waals surface area contributed by atoms with Gasteiger partial charge in [0, 0.05) is 19.5 Å². The van der Waals surface area contributed by atoms with Crippen LogP contribution in [0.5, 0.6) is 5.75 Å². The van der Waals surface area contributed by atoms with Crippen molar-refractivity contribution in [1.29, 1.82) is 0 Å². The number of carbonyl (C=O) groups excluding carboxylic acids is 3. The lowest BCUT2D eigenvalue weighted by atomic mass is 9.98. The van der Waals surface area contributed by atoms with Crippen LogP contribution in [-0.2, 0) is 29.1 Å². The van der Waals surface area contributed by atoms with Crippen LogP contribution in [-0.4, -0.2) is 79.6 Å². The predicted molar refractivity (Wildman–Crippen MR) is 162 cm³/mol. The fourth-order valence-corrected chi connectivity index (χ4v) is 6.45. The van der Waals surface area contributed by atoms with Crippen molar-refractivity contribution in [2.75, 3.05) is 19.6 Å². The van der Waals surface area contributed by atoms with Gasteiger partial charge in [0.05, 0.1) is 35.4 Å². The third-order valence-corrected chi connectivity index (χ3v) is 8.52. The molecule has 218 valence electrons. The number of carbonyl (C=O) groups is 3. The summed E-state index contributed by atoms with van der Waals surface area (Å²) in [6.07, 6.45) is 5.11. The van der Waals surface area contributed by atoms with Gasteiger partial charge < -0.3 is 20.2 Å². The largest absolute Gasteiger partial charge is 0.508 e. The fraction of sp³-hybridized carbons (Fsp3) is 0.250. The lowest BCUT2D eigenvalue weighted by Crippen LogP contribution is -2.76. The normalized spacial score (nSPS) is 18.9. The maximum atomic E-state index is 14.1. The second-order valence-corrected chi connectivity index (χ2v) is 11.4. The van der Waals surface area contributed by atoms with Crippen molar-refractivity contribution >= 4 is 39.4 Å². The Balaban J connectivity index is 1.35. The van der Waals surface area contributed by atoms with Gasteiger partial charge in [0.2, 0.25) is 11.8 Å². The van der Waals surface area contributed by atoms with E-state index in [2.05, 4.69) is 16.2 Å². The summed E-state index contributed by atoms with van der Waals surface area (Å²) in [5.41, 5.74) is 5.30. The number of piperazine rings is 1. The van der Waals surface area contributed by atoms with Crippen molar-refractivity contribution in [2.24, 2.45) is 0 Å². The minimum atomic E-state index is -0.861. The van der Waals surface area contributed by atoms with E-state index in [9.17, 15) is 19.5 Å². The number of thiazole rings is 1. The molecule has 0 radical (unpaired) electrons. The highest BCUT2D eigenvalue weighted by Crippen LogP contribution is 2.30. The van der Waals surface area contributed by atoms with Gasteiger partial charge in [0.15, 0.2) is 0 Å². The highest BCUT2D eigenvalue weighted by Gasteiger charge is 2.51. The molecule has 2 atom stereocenters. The van der Waals surface area contributed by atoms with Crippen LogP contribution in [0.1, 0.15) is 16.7 Å². The summed E-state index contributed by atoms with van der Waals surface area (Å²) < 4.78 is 1.01. The molecular weight excluding hydrogens is 564 g/mol. The van der Waals surface area contributed by atoms with Crippen LogP contribution in [0.3, 0.4) is 0 Å². The maximum Gasteiger partial charge on any atom is 0.334 e. The standard InChI is InChI=1S/C32H30N6O4S/c1-2-14-36-20-30(40)37-27(15-22-8-11-25(39)12-9-22)31(41)35(18-24-10-13-26-28(16-24)43-21-34-26)19-29(37)38(36)32(42)33-17-23-6-4-3-5-7-23/h1,3-13,16,21,27,29,39H,14-15,17-20H2,(H,33,42)/t27-,29-/m0/s1. The average molecular weight is 595 g/mol. The van der Waals surface area contributed by atoms with E-state index in [1.807, 2.05) is 48.5 Å². The SMILES string of the molecule is C#CCN1CC(=O)N2[C@@H](Cc3ccc(O)cc3)C(=O)N(Cc3ccc4ncsc4c3)C[C@@H]2N1C(=O)NCc1ccccc1. The van der Waals surface area contributed by atoms with Crippen LogP contribution in [0.2, 0.25) is 0 Å². The quantitative estimate of drug-likeness (QED) is 0.318. The molecule has 6 rings (SSSR count). The Morgan fingerprint density at radius 2 is 1.81 bits per heavy atom. The number of aromatic hydroxyl groups is 1. The summed E-state index contributed by atoms with van der Waals surface area (Å²) in [4.78, 5) is 49.2. The molecule has 2 aliphatic rings. The summed E-state index contributed by atoms with van der Waals surface area (Å²) in [6.45, 7) is 0.604. The van der Waals surface area contributed by atoms with E-state index in [0.29, 0.717) is 6.54 Å². The number of urea groups is 1. The van der Waals surface area contributed by atoms with Gasteiger partial charge in [0.1, 0.15) is 18.0 Å². The molecular formula is C32H30N6O4S. The molecule has 1 aromatic heterocycles. The molecule has 3 heterocycles. The number of benzene rings is 3. The van der Waals surface area contributed by atoms with E-state index in [-0.39, 0.29) is 50.2 Å². The number of hydrogen-bond acceptors (Lipinski definition) is 7. The van der Waals surface area contributed by atoms with Gasteiger partial charge in [-0.3, -0.25) is 9.59 Å². The fourth-order valence-electron chi connectivity index (χ4n) is 5.71. The van der Waals surface area contributed by atoms with Gasteiger partial charge in [-0.2, -0.15) is 5.01 Å². The monoisotopic (exact) mass is 594 g/mol. The van der Waals surface area contributed by atoms with Crippen molar-refractivity contribution in [3.8, 4) is 18.1 Å². The zero-order valence-electron chi connectivity index (χ0n) is 23.3. The summed E-state index contributed by atoms with van der Waals surface area (Å²) in [7, 11) is 0. The van der Waals surface area contributed by atoms with E-state index in [1.165, 1.54) is 21.2 Å². The van der Waals surface area contributed by atoms with Crippen molar-refractivity contribution in [3.63, 3.8) is 0 Å². The summed E-state index contributed by atoms with van der Waals surface area (Å²) in [6, 6.07) is 20.7. The number of hydrazine groups is 1. The number of nitrogens with one attached hydrogen (secondary N) is 1. The minimum absolute atomic E-state index is 0.0491. The zero-order chi connectivity index (χ0) is 29.9. The molecule has 4 amide bonds. The van der Waals surface area contributed by atoms with Gasteiger partial charge in [-0.25, -0.2) is 14.8 Å². The van der Waals surface area contributed by atoms with E-state index in [1.54, 1.807) is 39.7 Å². The Morgan fingerprint density at radius 1 is 1.05 bits per heavy atom. The summed E-state index contributed by atoms with van der Waals surface area (Å²) >= 11 is 1.53. The van der Waals surface area contributed by atoms with Gasteiger partial charge in [-0.05, 0) is 41.0 Å². The molecule has 0 saturated carbocycles. The lowest BCUT2D eigenvalue weighted by molar-refractivity contribution is -0.189. The molecule has 2 aliphatic heterocycles. The molecule has 0 spiro atoms. The molecule has 0 aliphatic carbocycles. The van der Waals surface area contributed by atoms with Gasteiger partial charge in [0.25, 0.3) is 0 Å². The van der Waals surface area contributed by atoms with E-state index < -0.39 is 18.2 Å². The lowest BCUT2D eigenvalue weighted by Gasteiger charge is -2.55. The van der Waals surface area contributed by atoms with Crippen LogP contribution in [0.4, 0.5) is 4.79 Å². The second-order valence-electron chi connectivity index (χ2n) is 10.6. The Hall–Kier alpha value is -4.92. The number of nitrogens with zero attached hydrogens (tertiary/aromatic N) is 5. The van der Waals surface area contributed by atoms with Crippen LogP contribution in [0.25, 0.3) is 10.2 Å². The van der Waals surface area contributed by atoms with Crippen molar-refractivity contribution in [3.05, 3.63) is 95.0 Å². The molecule has 10 nitrogen and oxygen atoms in total. The zero-order valence-corrected chi connectivity index (χ0v) is 24.1. The first-order chi connectivity index (χ1) is 20.9. The van der Waals surface area contributed by atoms with Gasteiger partial charge >= 0.3 is 6.03 Å². The number of amides is 4. The summed E-state index contributed by atoms with van der Waals surface area (Å²) in [5, 5.41) is 15.8. The summed E-state index contributed by atoms with van der Waals surface area (Å²) in [5.74, 6) is 2.18. The second kappa shape index (κ2) is 12.1. The Morgan fingerprint density at radius 3 is 2.58 bits per heavy atom. The number of phenolic OH excluding ortho intramolecular Hbond substituents is 1. The molecule has 2 N–H and O–H groups in total. The predicted octanol–water partition coefficient (Wildman–Crippen LogP) is 3.19. The number of aromatic nitrogens is 1. The maximum absolute atomic E-state index is 14.1. The van der Waals surface area contributed by atoms with E-state index in [0.717, 1.165) is 26.9 Å². The Kier molecular flexibility index (Phi) is 7.96. The number of fused-ring (bicyclic) bond motifs is 2.